The van der Waals surface area contributed by atoms with Gasteiger partial charge in [0.25, 0.3) is 0 Å². The van der Waals surface area contributed by atoms with Crippen LogP contribution >= 0.6 is 11.3 Å². The molecule has 57 heavy (non-hydrogen) atoms. The second-order valence-corrected chi connectivity index (χ2v) is 15.9. The van der Waals surface area contributed by atoms with Crippen molar-refractivity contribution in [1.82, 2.24) is 0 Å². The monoisotopic (exact) mass is 743 g/mol. The number of nitrogens with zero attached hydrogens (tertiary/aromatic N) is 1. The third kappa shape index (κ3) is 5.44. The maximum absolute atomic E-state index is 2.45. The molecule has 10 aromatic rings. The Labute approximate surface area is 337 Å². The highest BCUT2D eigenvalue weighted by Gasteiger charge is 2.46. The molecule has 1 aliphatic rings. The van der Waals surface area contributed by atoms with Gasteiger partial charge in [0, 0.05) is 37.2 Å². The number of fused-ring (bicyclic) bond motifs is 6. The lowest BCUT2D eigenvalue weighted by Crippen LogP contribution is -2.28. The fraction of sp³-hybridized carbons (Fsp3) is 0.0182. The molecule has 0 unspecified atom stereocenters. The number of hydrogen-bond donors (Lipinski definition) is 0. The Bertz CT molecular complexity index is 3020. The second-order valence-electron chi connectivity index (χ2n) is 14.9. The van der Waals surface area contributed by atoms with Crippen LogP contribution in [0.5, 0.6) is 0 Å². The smallest absolute Gasteiger partial charge is 0.0714 e. The molecule has 0 saturated carbocycles. The van der Waals surface area contributed by atoms with Crippen LogP contribution in [0.2, 0.25) is 0 Å². The minimum absolute atomic E-state index is 0.490. The maximum Gasteiger partial charge on any atom is 0.0714 e. The minimum atomic E-state index is -0.490. The number of thiophene rings is 1. The van der Waals surface area contributed by atoms with E-state index in [1.165, 1.54) is 75.8 Å². The van der Waals surface area contributed by atoms with Crippen molar-refractivity contribution < 1.29 is 0 Å². The Balaban J connectivity index is 1.10. The van der Waals surface area contributed by atoms with E-state index in [-0.39, 0.29) is 0 Å². The summed E-state index contributed by atoms with van der Waals surface area (Å²) in [6.45, 7) is 0. The van der Waals surface area contributed by atoms with Crippen LogP contribution in [0.15, 0.2) is 224 Å². The van der Waals surface area contributed by atoms with Gasteiger partial charge < -0.3 is 4.90 Å². The Hall–Kier alpha value is -7.00. The van der Waals surface area contributed by atoms with E-state index in [4.69, 9.17) is 0 Å². The van der Waals surface area contributed by atoms with Gasteiger partial charge in [-0.3, -0.25) is 0 Å². The molecule has 1 aromatic heterocycles. The molecule has 1 aliphatic carbocycles. The van der Waals surface area contributed by atoms with Crippen LogP contribution in [-0.4, -0.2) is 0 Å². The molecule has 0 bridgehead atoms. The van der Waals surface area contributed by atoms with Gasteiger partial charge in [0.05, 0.1) is 5.41 Å². The summed E-state index contributed by atoms with van der Waals surface area (Å²) in [6.07, 6.45) is 0. The Kier molecular flexibility index (Phi) is 7.98. The second kappa shape index (κ2) is 13.6. The van der Waals surface area contributed by atoms with Crippen molar-refractivity contribution in [3.05, 3.63) is 247 Å². The first-order chi connectivity index (χ1) is 28.3. The van der Waals surface area contributed by atoms with E-state index < -0.39 is 5.41 Å². The van der Waals surface area contributed by atoms with Gasteiger partial charge in [0.2, 0.25) is 0 Å². The van der Waals surface area contributed by atoms with Crippen molar-refractivity contribution in [3.63, 3.8) is 0 Å². The predicted octanol–water partition coefficient (Wildman–Crippen LogP) is 15.2. The molecule has 0 atom stereocenters. The summed E-state index contributed by atoms with van der Waals surface area (Å²) < 4.78 is 2.65. The van der Waals surface area contributed by atoms with E-state index in [1.54, 1.807) is 0 Å². The van der Waals surface area contributed by atoms with E-state index in [2.05, 4.69) is 229 Å². The lowest BCUT2D eigenvalue weighted by atomic mass is 9.67. The summed E-state index contributed by atoms with van der Waals surface area (Å²) >= 11 is 1.86. The highest BCUT2D eigenvalue weighted by atomic mass is 32.1. The highest BCUT2D eigenvalue weighted by molar-refractivity contribution is 7.25. The standard InChI is InChI=1S/C55H37NS/c1-4-15-38(16-5-1)40-17-14-22-45(35-40)56(44-30-27-39(28-31-44)41-29-34-54-50(36-41)49-24-11-13-26-53(49)57-54)46-32-33-48-47-23-10-12-25-51(47)55(52(48)37-46,42-18-6-2-7-19-42)43-20-8-3-9-21-43/h1-37H. The van der Waals surface area contributed by atoms with E-state index in [1.807, 2.05) is 11.3 Å². The Morgan fingerprint density at radius 2 is 0.860 bits per heavy atom. The first-order valence-corrected chi connectivity index (χ1v) is 20.4. The Morgan fingerprint density at radius 3 is 1.63 bits per heavy atom. The molecule has 0 spiro atoms. The molecule has 1 nitrogen and oxygen atoms in total. The van der Waals surface area contributed by atoms with Crippen LogP contribution in [0.1, 0.15) is 22.3 Å². The van der Waals surface area contributed by atoms with Gasteiger partial charge in [-0.15, -0.1) is 11.3 Å². The van der Waals surface area contributed by atoms with Gasteiger partial charge in [0.15, 0.2) is 0 Å². The summed E-state index contributed by atoms with van der Waals surface area (Å²) in [5.74, 6) is 0. The predicted molar refractivity (Wildman–Crippen MR) is 242 cm³/mol. The molecule has 0 radical (unpaired) electrons. The minimum Gasteiger partial charge on any atom is -0.310 e. The zero-order chi connectivity index (χ0) is 37.8. The molecule has 0 aliphatic heterocycles. The highest BCUT2D eigenvalue weighted by Crippen LogP contribution is 2.57. The number of hydrogen-bond acceptors (Lipinski definition) is 2. The van der Waals surface area contributed by atoms with Gasteiger partial charge >= 0.3 is 0 Å². The van der Waals surface area contributed by atoms with E-state index in [9.17, 15) is 0 Å². The van der Waals surface area contributed by atoms with E-state index >= 15 is 0 Å². The van der Waals surface area contributed by atoms with Gasteiger partial charge in [-0.25, -0.2) is 0 Å². The van der Waals surface area contributed by atoms with Gasteiger partial charge in [-0.05, 0) is 110 Å². The lowest BCUT2D eigenvalue weighted by Gasteiger charge is -2.35. The molecule has 9 aromatic carbocycles. The van der Waals surface area contributed by atoms with Crippen LogP contribution in [0.3, 0.4) is 0 Å². The third-order valence-electron chi connectivity index (χ3n) is 11.7. The quantitative estimate of drug-likeness (QED) is 0.157. The molecule has 11 rings (SSSR count). The van der Waals surface area contributed by atoms with Gasteiger partial charge in [-0.2, -0.15) is 0 Å². The van der Waals surface area contributed by atoms with Gasteiger partial charge in [0.1, 0.15) is 0 Å². The molecule has 1 heterocycles. The third-order valence-corrected chi connectivity index (χ3v) is 12.9. The first-order valence-electron chi connectivity index (χ1n) is 19.6. The summed E-state index contributed by atoms with van der Waals surface area (Å²) in [5.41, 5.74) is 15.3. The van der Waals surface area contributed by atoms with Crippen molar-refractivity contribution in [2.45, 2.75) is 5.41 Å². The van der Waals surface area contributed by atoms with E-state index in [0.29, 0.717) is 0 Å². The van der Waals surface area contributed by atoms with Crippen molar-refractivity contribution in [2.24, 2.45) is 0 Å². The maximum atomic E-state index is 2.45. The molecule has 0 saturated heterocycles. The molecule has 268 valence electrons. The fourth-order valence-electron chi connectivity index (χ4n) is 9.18. The molecule has 0 N–H and O–H groups in total. The summed E-state index contributed by atoms with van der Waals surface area (Å²) in [5, 5.41) is 2.64. The average molecular weight is 744 g/mol. The van der Waals surface area contributed by atoms with Crippen LogP contribution in [0, 0.1) is 0 Å². The summed E-state index contributed by atoms with van der Waals surface area (Å²) in [7, 11) is 0. The van der Waals surface area contributed by atoms with Gasteiger partial charge in [-0.1, -0.05) is 170 Å². The average Bonchev–Trinajstić information content (AvgIpc) is 3.81. The topological polar surface area (TPSA) is 3.24 Å². The molecule has 0 amide bonds. The van der Waals surface area contributed by atoms with Crippen LogP contribution < -0.4 is 4.90 Å². The Morgan fingerprint density at radius 1 is 0.316 bits per heavy atom. The molecule has 0 fully saturated rings. The first kappa shape index (κ1) is 33.3. The number of anilines is 3. The molecule has 2 heteroatoms. The van der Waals surface area contributed by atoms with Crippen LogP contribution in [0.25, 0.3) is 53.6 Å². The van der Waals surface area contributed by atoms with Crippen LogP contribution in [0.4, 0.5) is 17.1 Å². The van der Waals surface area contributed by atoms with Crippen LogP contribution in [-0.2, 0) is 5.41 Å². The van der Waals surface area contributed by atoms with Crippen molar-refractivity contribution in [2.75, 3.05) is 4.90 Å². The number of benzene rings is 9. The largest absolute Gasteiger partial charge is 0.310 e. The summed E-state index contributed by atoms with van der Waals surface area (Å²) in [4.78, 5) is 2.43. The van der Waals surface area contributed by atoms with E-state index in [0.717, 1.165) is 17.1 Å². The molecular weight excluding hydrogens is 707 g/mol. The van der Waals surface area contributed by atoms with Crippen molar-refractivity contribution in [1.29, 1.82) is 0 Å². The normalized spacial score (nSPS) is 12.7. The fourth-order valence-corrected chi connectivity index (χ4v) is 10.3. The lowest BCUT2D eigenvalue weighted by molar-refractivity contribution is 0.768. The zero-order valence-corrected chi connectivity index (χ0v) is 32.0. The van der Waals surface area contributed by atoms with Crippen molar-refractivity contribution >= 4 is 48.6 Å². The molecular formula is C55H37NS. The zero-order valence-electron chi connectivity index (χ0n) is 31.2. The SMILES string of the molecule is c1ccc(-c2cccc(N(c3ccc(-c4ccc5sc6ccccc6c5c4)cc3)c3ccc4c(c3)C(c3ccccc3)(c3ccccc3)c3ccccc3-4)c2)cc1. The van der Waals surface area contributed by atoms with Crippen molar-refractivity contribution in [3.8, 4) is 33.4 Å². The summed E-state index contributed by atoms with van der Waals surface area (Å²) in [6, 6.07) is 82.5. The number of rotatable bonds is 7.